The van der Waals surface area contributed by atoms with Gasteiger partial charge in [0.2, 0.25) is 0 Å². The Kier molecular flexibility index (Phi) is 5.46. The van der Waals surface area contributed by atoms with Gasteiger partial charge in [0.15, 0.2) is 0 Å². The lowest BCUT2D eigenvalue weighted by Crippen LogP contribution is -2.28. The van der Waals surface area contributed by atoms with E-state index in [1.54, 1.807) is 61.6 Å². The van der Waals surface area contributed by atoms with E-state index in [1.807, 2.05) is 18.3 Å². The maximum Gasteiger partial charge on any atom is 0.319 e. The van der Waals surface area contributed by atoms with E-state index in [2.05, 4.69) is 20.6 Å². The summed E-state index contributed by atoms with van der Waals surface area (Å²) in [7, 11) is 3.36. The molecule has 0 bridgehead atoms. The third kappa shape index (κ3) is 4.69. The van der Waals surface area contributed by atoms with Crippen molar-refractivity contribution in [3.8, 4) is 5.82 Å². The molecule has 0 atom stereocenters. The van der Waals surface area contributed by atoms with Crippen LogP contribution in [0.2, 0.25) is 0 Å². The molecule has 0 aliphatic rings. The zero-order valence-electron chi connectivity index (χ0n) is 15.1. The number of urea groups is 1. The van der Waals surface area contributed by atoms with Crippen LogP contribution in [0, 0.1) is 0 Å². The summed E-state index contributed by atoms with van der Waals surface area (Å²) in [6, 6.07) is 10.2. The zero-order chi connectivity index (χ0) is 19.2. The Balaban J connectivity index is 1.55. The topological polar surface area (TPSA) is 92.2 Å². The van der Waals surface area contributed by atoms with Gasteiger partial charge in [0.05, 0.1) is 0 Å². The van der Waals surface area contributed by atoms with Crippen molar-refractivity contribution in [2.24, 2.45) is 0 Å². The smallest absolute Gasteiger partial charge is 0.319 e. The fourth-order valence-electron chi connectivity index (χ4n) is 2.41. The fourth-order valence-corrected chi connectivity index (χ4v) is 2.41. The lowest BCUT2D eigenvalue weighted by Gasteiger charge is -2.12. The van der Waals surface area contributed by atoms with Gasteiger partial charge in [-0.3, -0.25) is 9.36 Å². The number of nitrogens with zero attached hydrogens (tertiary/aromatic N) is 4. The normalized spacial score (nSPS) is 10.3. The van der Waals surface area contributed by atoms with Gasteiger partial charge < -0.3 is 15.5 Å². The SMILES string of the molecule is CN(C)C(=O)c1cccc(NC(=O)NCc2ccc(-n3ccnc3)nc2)c1. The van der Waals surface area contributed by atoms with Crippen LogP contribution in [0.4, 0.5) is 10.5 Å². The largest absolute Gasteiger partial charge is 0.345 e. The maximum absolute atomic E-state index is 12.1. The summed E-state index contributed by atoms with van der Waals surface area (Å²) in [4.78, 5) is 33.9. The van der Waals surface area contributed by atoms with E-state index in [1.165, 1.54) is 4.90 Å². The number of anilines is 1. The van der Waals surface area contributed by atoms with E-state index >= 15 is 0 Å². The van der Waals surface area contributed by atoms with Crippen molar-refractivity contribution in [2.45, 2.75) is 6.54 Å². The van der Waals surface area contributed by atoms with E-state index in [9.17, 15) is 9.59 Å². The number of nitrogens with one attached hydrogen (secondary N) is 2. The number of benzene rings is 1. The molecule has 0 unspecified atom stereocenters. The molecule has 3 aromatic rings. The molecular weight excluding hydrogens is 344 g/mol. The van der Waals surface area contributed by atoms with Gasteiger partial charge in [-0.25, -0.2) is 14.8 Å². The van der Waals surface area contributed by atoms with Crippen LogP contribution >= 0.6 is 0 Å². The molecule has 3 rings (SSSR count). The van der Waals surface area contributed by atoms with E-state index in [0.717, 1.165) is 11.4 Å². The Bertz CT molecular complexity index is 920. The summed E-state index contributed by atoms with van der Waals surface area (Å²) in [5, 5.41) is 5.50. The first-order chi connectivity index (χ1) is 13.0. The number of hydrogen-bond donors (Lipinski definition) is 2. The minimum Gasteiger partial charge on any atom is -0.345 e. The average molecular weight is 364 g/mol. The van der Waals surface area contributed by atoms with Gasteiger partial charge >= 0.3 is 6.03 Å². The Morgan fingerprint density at radius 3 is 2.70 bits per heavy atom. The van der Waals surface area contributed by atoms with Gasteiger partial charge in [0, 0.05) is 50.5 Å². The zero-order valence-corrected chi connectivity index (χ0v) is 15.1. The first kappa shape index (κ1) is 18.1. The van der Waals surface area contributed by atoms with Gasteiger partial charge in [-0.15, -0.1) is 0 Å². The monoisotopic (exact) mass is 364 g/mol. The van der Waals surface area contributed by atoms with Crippen LogP contribution in [0.1, 0.15) is 15.9 Å². The molecule has 0 saturated carbocycles. The highest BCUT2D eigenvalue weighted by Crippen LogP contribution is 2.12. The molecule has 1 aromatic carbocycles. The lowest BCUT2D eigenvalue weighted by molar-refractivity contribution is 0.0827. The summed E-state index contributed by atoms with van der Waals surface area (Å²) in [6.07, 6.45) is 6.86. The molecule has 3 amide bonds. The second-order valence-corrected chi connectivity index (χ2v) is 6.08. The Hall–Kier alpha value is -3.68. The predicted molar refractivity (Wildman–Crippen MR) is 102 cm³/mol. The van der Waals surface area contributed by atoms with Crippen molar-refractivity contribution >= 4 is 17.6 Å². The van der Waals surface area contributed by atoms with Crippen molar-refractivity contribution in [1.29, 1.82) is 0 Å². The predicted octanol–water partition coefficient (Wildman–Crippen LogP) is 2.29. The maximum atomic E-state index is 12.1. The van der Waals surface area contributed by atoms with Crippen LogP contribution < -0.4 is 10.6 Å². The molecule has 2 heterocycles. The van der Waals surface area contributed by atoms with Crippen LogP contribution in [0.25, 0.3) is 5.82 Å². The molecule has 138 valence electrons. The Morgan fingerprint density at radius 2 is 2.04 bits per heavy atom. The first-order valence-corrected chi connectivity index (χ1v) is 8.33. The van der Waals surface area contributed by atoms with Gasteiger partial charge in [-0.1, -0.05) is 12.1 Å². The number of hydrogen-bond acceptors (Lipinski definition) is 4. The van der Waals surface area contributed by atoms with Crippen LogP contribution in [-0.2, 0) is 6.54 Å². The molecule has 2 N–H and O–H groups in total. The van der Waals surface area contributed by atoms with Crippen LogP contribution in [0.15, 0.2) is 61.3 Å². The van der Waals surface area contributed by atoms with E-state index in [4.69, 9.17) is 0 Å². The quantitative estimate of drug-likeness (QED) is 0.727. The van der Waals surface area contributed by atoms with Crippen LogP contribution in [0.3, 0.4) is 0 Å². The molecular formula is C19H20N6O2. The molecule has 0 saturated heterocycles. The van der Waals surface area contributed by atoms with E-state index in [-0.39, 0.29) is 11.9 Å². The summed E-state index contributed by atoms with van der Waals surface area (Å²) >= 11 is 0. The van der Waals surface area contributed by atoms with Gasteiger partial charge in [-0.05, 0) is 29.8 Å². The summed E-state index contributed by atoms with van der Waals surface area (Å²) in [5.74, 6) is 0.631. The number of pyridine rings is 1. The van der Waals surface area contributed by atoms with Gasteiger partial charge in [0.25, 0.3) is 5.91 Å². The van der Waals surface area contributed by atoms with Crippen molar-refractivity contribution in [2.75, 3.05) is 19.4 Å². The summed E-state index contributed by atoms with van der Waals surface area (Å²) in [6.45, 7) is 0.333. The molecule has 27 heavy (non-hydrogen) atoms. The Labute approximate surface area is 156 Å². The highest BCUT2D eigenvalue weighted by molar-refractivity contribution is 5.96. The number of carbonyl (C=O) groups is 2. The number of rotatable bonds is 5. The first-order valence-electron chi connectivity index (χ1n) is 8.33. The second kappa shape index (κ2) is 8.13. The van der Waals surface area contributed by atoms with Crippen LogP contribution in [-0.4, -0.2) is 45.5 Å². The Morgan fingerprint density at radius 1 is 1.19 bits per heavy atom. The lowest BCUT2D eigenvalue weighted by atomic mass is 10.2. The minimum absolute atomic E-state index is 0.122. The van der Waals surface area contributed by atoms with Crippen molar-refractivity contribution in [1.82, 2.24) is 24.8 Å². The van der Waals surface area contributed by atoms with Crippen molar-refractivity contribution in [3.05, 3.63) is 72.4 Å². The van der Waals surface area contributed by atoms with Crippen molar-refractivity contribution < 1.29 is 9.59 Å². The van der Waals surface area contributed by atoms with E-state index < -0.39 is 0 Å². The summed E-state index contributed by atoms with van der Waals surface area (Å²) in [5.41, 5.74) is 1.93. The van der Waals surface area contributed by atoms with Crippen LogP contribution in [0.5, 0.6) is 0 Å². The number of imidazole rings is 1. The average Bonchev–Trinajstić information content (AvgIpc) is 3.21. The highest BCUT2D eigenvalue weighted by atomic mass is 16.2. The number of amides is 3. The highest BCUT2D eigenvalue weighted by Gasteiger charge is 2.09. The molecule has 2 aromatic heterocycles. The summed E-state index contributed by atoms with van der Waals surface area (Å²) < 4.78 is 1.80. The standard InChI is InChI=1S/C19H20N6O2/c1-24(2)18(26)15-4-3-5-16(10-15)23-19(27)22-12-14-6-7-17(21-11-14)25-9-8-20-13-25/h3-11,13H,12H2,1-2H3,(H2,22,23,27). The molecule has 8 heteroatoms. The second-order valence-electron chi connectivity index (χ2n) is 6.08. The van der Waals surface area contributed by atoms with E-state index in [0.29, 0.717) is 17.8 Å². The molecule has 0 fully saturated rings. The third-order valence-corrected chi connectivity index (χ3v) is 3.80. The molecule has 0 aliphatic carbocycles. The third-order valence-electron chi connectivity index (χ3n) is 3.80. The number of aromatic nitrogens is 3. The molecule has 0 aliphatic heterocycles. The fraction of sp³-hybridized carbons (Fsp3) is 0.158. The molecule has 0 radical (unpaired) electrons. The van der Waals surface area contributed by atoms with Gasteiger partial charge in [0.1, 0.15) is 12.1 Å². The molecule has 0 spiro atoms. The number of carbonyl (C=O) groups excluding carboxylic acids is 2. The van der Waals surface area contributed by atoms with Crippen molar-refractivity contribution in [3.63, 3.8) is 0 Å². The minimum atomic E-state index is -0.358. The molecule has 8 nitrogen and oxygen atoms in total. The van der Waals surface area contributed by atoms with Gasteiger partial charge in [-0.2, -0.15) is 0 Å².